The molecule has 1 saturated heterocycles. The maximum absolute atomic E-state index is 10.8. The van der Waals surface area contributed by atoms with Crippen LogP contribution >= 0.6 is 0 Å². The molecule has 3 aliphatic rings. The van der Waals surface area contributed by atoms with E-state index in [1.54, 1.807) is 7.11 Å². The molecule has 3 nitrogen and oxygen atoms in total. The van der Waals surface area contributed by atoms with E-state index in [9.17, 15) is 5.11 Å². The first-order valence-corrected chi connectivity index (χ1v) is 8.35. The zero-order valence-electron chi connectivity index (χ0n) is 13.7. The highest BCUT2D eigenvalue weighted by molar-refractivity contribution is 5.58. The van der Waals surface area contributed by atoms with Gasteiger partial charge in [-0.2, -0.15) is 0 Å². The van der Waals surface area contributed by atoms with Gasteiger partial charge in [-0.3, -0.25) is 0 Å². The quantitative estimate of drug-likeness (QED) is 0.809. The lowest BCUT2D eigenvalue weighted by Crippen LogP contribution is -2.59. The number of benzene rings is 1. The Balaban J connectivity index is 1.97. The third-order valence-corrected chi connectivity index (χ3v) is 6.26. The highest BCUT2D eigenvalue weighted by Crippen LogP contribution is 2.57. The molecule has 2 bridgehead atoms. The third kappa shape index (κ3) is 1.72. The molecule has 0 spiro atoms. The number of phenols is 1. The van der Waals surface area contributed by atoms with Crippen molar-refractivity contribution >= 4 is 0 Å². The van der Waals surface area contributed by atoms with Crippen LogP contribution in [0.2, 0.25) is 0 Å². The molecule has 1 aromatic carbocycles. The van der Waals surface area contributed by atoms with E-state index in [4.69, 9.17) is 4.74 Å². The molecule has 4 rings (SSSR count). The van der Waals surface area contributed by atoms with E-state index in [0.29, 0.717) is 29.4 Å². The summed E-state index contributed by atoms with van der Waals surface area (Å²) in [4.78, 5) is 2.53. The number of likely N-dealkylation sites (tertiary alicyclic amines) is 1. The average molecular weight is 299 g/mol. The van der Waals surface area contributed by atoms with Crippen LogP contribution in [0.1, 0.15) is 30.9 Å². The predicted octanol–water partition coefficient (Wildman–Crippen LogP) is 3.11. The van der Waals surface area contributed by atoms with E-state index in [2.05, 4.69) is 37.1 Å². The summed E-state index contributed by atoms with van der Waals surface area (Å²) in [6.45, 7) is 3.40. The molecule has 2 aliphatic carbocycles. The molecule has 0 radical (unpaired) electrons. The van der Waals surface area contributed by atoms with Crippen molar-refractivity contribution in [3.8, 4) is 11.5 Å². The molecule has 0 amide bonds. The fourth-order valence-corrected chi connectivity index (χ4v) is 5.14. The summed E-state index contributed by atoms with van der Waals surface area (Å²) in [7, 11) is 3.89. The maximum Gasteiger partial charge on any atom is 0.162 e. The molecule has 1 N–H and O–H groups in total. The Morgan fingerprint density at radius 1 is 1.36 bits per heavy atom. The van der Waals surface area contributed by atoms with Gasteiger partial charge in [-0.25, -0.2) is 0 Å². The van der Waals surface area contributed by atoms with Crippen LogP contribution in [0.15, 0.2) is 24.3 Å². The van der Waals surface area contributed by atoms with Gasteiger partial charge in [-0.15, -0.1) is 0 Å². The summed E-state index contributed by atoms with van der Waals surface area (Å²) >= 11 is 0. The largest absolute Gasteiger partial charge is 0.504 e. The molecule has 1 fully saturated rings. The Morgan fingerprint density at radius 2 is 2.18 bits per heavy atom. The molecule has 118 valence electrons. The number of piperidine rings is 1. The molecule has 0 aromatic heterocycles. The molecular formula is C19H25NO2. The van der Waals surface area contributed by atoms with Crippen molar-refractivity contribution in [2.24, 2.45) is 11.8 Å². The Kier molecular flexibility index (Phi) is 3.06. The summed E-state index contributed by atoms with van der Waals surface area (Å²) in [6.07, 6.45) is 8.09. The molecule has 3 heteroatoms. The number of allylic oxidation sites excluding steroid dienone is 2. The van der Waals surface area contributed by atoms with E-state index < -0.39 is 0 Å². The van der Waals surface area contributed by atoms with Crippen molar-refractivity contribution in [2.45, 2.75) is 37.6 Å². The van der Waals surface area contributed by atoms with Crippen LogP contribution < -0.4 is 4.74 Å². The Morgan fingerprint density at radius 3 is 2.95 bits per heavy atom. The number of phenolic OH excluding ortho intramolecular Hbond substituents is 1. The number of hydrogen-bond acceptors (Lipinski definition) is 3. The number of nitrogens with zero attached hydrogens (tertiary/aromatic N) is 1. The first-order valence-electron chi connectivity index (χ1n) is 8.35. The van der Waals surface area contributed by atoms with Crippen LogP contribution in [-0.2, 0) is 11.8 Å². The second-order valence-corrected chi connectivity index (χ2v) is 7.37. The lowest BCUT2D eigenvalue weighted by atomic mass is 9.53. The zero-order chi connectivity index (χ0) is 15.5. The van der Waals surface area contributed by atoms with Crippen LogP contribution in [0.3, 0.4) is 0 Å². The second-order valence-electron chi connectivity index (χ2n) is 7.37. The van der Waals surface area contributed by atoms with Crippen molar-refractivity contribution in [1.29, 1.82) is 0 Å². The number of ether oxygens (including phenoxy) is 1. The molecular weight excluding hydrogens is 274 g/mol. The molecule has 1 aromatic rings. The lowest BCUT2D eigenvalue weighted by Gasteiger charge is -2.57. The van der Waals surface area contributed by atoms with Crippen molar-refractivity contribution in [2.75, 3.05) is 20.7 Å². The van der Waals surface area contributed by atoms with Gasteiger partial charge in [0, 0.05) is 17.0 Å². The second kappa shape index (κ2) is 4.76. The first kappa shape index (κ1) is 14.1. The van der Waals surface area contributed by atoms with E-state index in [0.717, 1.165) is 24.9 Å². The summed E-state index contributed by atoms with van der Waals surface area (Å²) in [6, 6.07) is 4.65. The van der Waals surface area contributed by atoms with Crippen LogP contribution in [0.25, 0.3) is 0 Å². The van der Waals surface area contributed by atoms with Crippen LogP contribution in [0.4, 0.5) is 0 Å². The van der Waals surface area contributed by atoms with E-state index in [1.165, 1.54) is 12.0 Å². The molecule has 4 atom stereocenters. The van der Waals surface area contributed by atoms with Crippen LogP contribution in [0, 0.1) is 11.8 Å². The van der Waals surface area contributed by atoms with E-state index >= 15 is 0 Å². The number of fused-ring (bicyclic) bond motifs is 1. The number of hydrogen-bond donors (Lipinski definition) is 1. The van der Waals surface area contributed by atoms with Gasteiger partial charge in [0.05, 0.1) is 7.11 Å². The maximum atomic E-state index is 10.8. The van der Waals surface area contributed by atoms with Crippen molar-refractivity contribution in [1.82, 2.24) is 4.90 Å². The monoisotopic (exact) mass is 299 g/mol. The minimum atomic E-state index is -0.00407. The van der Waals surface area contributed by atoms with Gasteiger partial charge >= 0.3 is 0 Å². The first-order chi connectivity index (χ1) is 10.6. The summed E-state index contributed by atoms with van der Waals surface area (Å²) in [5.74, 6) is 2.20. The van der Waals surface area contributed by atoms with Crippen molar-refractivity contribution < 1.29 is 9.84 Å². The average Bonchev–Trinajstić information content (AvgIpc) is 2.51. The summed E-state index contributed by atoms with van der Waals surface area (Å²) in [5.41, 5.74) is 2.44. The highest BCUT2D eigenvalue weighted by Gasteiger charge is 2.53. The lowest BCUT2D eigenvalue weighted by molar-refractivity contribution is 0.0363. The Labute approximate surface area is 132 Å². The van der Waals surface area contributed by atoms with Gasteiger partial charge < -0.3 is 14.7 Å². The van der Waals surface area contributed by atoms with Crippen molar-refractivity contribution in [3.63, 3.8) is 0 Å². The molecule has 1 aliphatic heterocycles. The number of methoxy groups -OCH3 is 1. The topological polar surface area (TPSA) is 32.7 Å². The minimum absolute atomic E-state index is 0.00407. The molecule has 1 heterocycles. The van der Waals surface area contributed by atoms with Crippen molar-refractivity contribution in [3.05, 3.63) is 35.4 Å². The highest BCUT2D eigenvalue weighted by atomic mass is 16.5. The van der Waals surface area contributed by atoms with Crippen LogP contribution in [0.5, 0.6) is 11.5 Å². The molecule has 1 unspecified atom stereocenters. The fraction of sp³-hybridized carbons (Fsp3) is 0.579. The summed E-state index contributed by atoms with van der Waals surface area (Å²) < 4.78 is 5.38. The molecule has 22 heavy (non-hydrogen) atoms. The smallest absolute Gasteiger partial charge is 0.162 e. The van der Waals surface area contributed by atoms with Gasteiger partial charge in [-0.1, -0.05) is 25.1 Å². The van der Waals surface area contributed by atoms with Gasteiger partial charge in [0.25, 0.3) is 0 Å². The third-order valence-electron chi connectivity index (χ3n) is 6.26. The number of rotatable bonds is 1. The van der Waals surface area contributed by atoms with Crippen LogP contribution in [-0.4, -0.2) is 36.8 Å². The molecule has 0 saturated carbocycles. The standard InChI is InChI=1S/C19H25NO2/c1-12-6-7-19-8-9-20(2)15(14(19)10-12)11-13-4-5-16(22-3)18(21)17(13)19/h4-7,12,14-15,21H,8-11H2,1-3H3/t12?,14-,15+,19+/m0/s1. The normalized spacial score (nSPS) is 36.6. The predicted molar refractivity (Wildman–Crippen MR) is 87.5 cm³/mol. The van der Waals surface area contributed by atoms with Gasteiger partial charge in [-0.05, 0) is 56.3 Å². The summed E-state index contributed by atoms with van der Waals surface area (Å²) in [5, 5.41) is 10.8. The van der Waals surface area contributed by atoms with E-state index in [1.807, 2.05) is 6.07 Å². The SMILES string of the molecule is COc1ccc2c(c1O)[C@@]13C=CC(C)C[C@H]1[C@@H](C2)N(C)CC3. The Hall–Kier alpha value is -1.48. The Bertz CT molecular complexity index is 639. The minimum Gasteiger partial charge on any atom is -0.504 e. The zero-order valence-corrected chi connectivity index (χ0v) is 13.7. The van der Waals surface area contributed by atoms with E-state index in [-0.39, 0.29) is 5.41 Å². The number of aromatic hydroxyl groups is 1. The van der Waals surface area contributed by atoms with Gasteiger partial charge in [0.2, 0.25) is 0 Å². The fourth-order valence-electron chi connectivity index (χ4n) is 5.14. The number of likely N-dealkylation sites (N-methyl/N-ethyl adjacent to an activating group) is 1. The van der Waals surface area contributed by atoms with Gasteiger partial charge in [0.1, 0.15) is 0 Å². The van der Waals surface area contributed by atoms with Gasteiger partial charge in [0.15, 0.2) is 11.5 Å².